The minimum Gasteiger partial charge on any atom is -0.493 e. The average Bonchev–Trinajstić information content (AvgIpc) is 2.60. The van der Waals surface area contributed by atoms with Crippen LogP contribution in [0.25, 0.3) is 0 Å². The van der Waals surface area contributed by atoms with E-state index < -0.39 is 24.3 Å². The molecule has 0 heterocycles. The van der Waals surface area contributed by atoms with Crippen LogP contribution in [0.3, 0.4) is 0 Å². The fourth-order valence-corrected chi connectivity index (χ4v) is 2.06. The first-order valence-corrected chi connectivity index (χ1v) is 7.29. The Balaban J connectivity index is 2.01. The van der Waals surface area contributed by atoms with Gasteiger partial charge in [0.05, 0.1) is 18.9 Å². The van der Waals surface area contributed by atoms with Crippen molar-refractivity contribution < 1.29 is 32.6 Å². The Bertz CT molecular complexity index is 807. The molecule has 9 heteroatoms. The van der Waals surface area contributed by atoms with Crippen LogP contribution in [0.2, 0.25) is 0 Å². The van der Waals surface area contributed by atoms with E-state index in [2.05, 4.69) is 10.5 Å². The third-order valence-corrected chi connectivity index (χ3v) is 3.23. The van der Waals surface area contributed by atoms with Crippen LogP contribution in [0.15, 0.2) is 47.6 Å². The van der Waals surface area contributed by atoms with Crippen LogP contribution in [0.4, 0.5) is 18.9 Å². The molecular weight excluding hydrogens is 353 g/mol. The summed E-state index contributed by atoms with van der Waals surface area (Å²) in [6.45, 7) is -0.431. The second-order valence-corrected chi connectivity index (χ2v) is 5.07. The van der Waals surface area contributed by atoms with Crippen molar-refractivity contribution in [3.8, 4) is 11.5 Å². The molecule has 0 aliphatic carbocycles. The molecular formula is C17H15F3N2O4. The number of hydrogen-bond donors (Lipinski definition) is 2. The van der Waals surface area contributed by atoms with Crippen molar-refractivity contribution in [3.05, 3.63) is 53.6 Å². The van der Waals surface area contributed by atoms with Gasteiger partial charge < -0.3 is 20.0 Å². The Morgan fingerprint density at radius 1 is 1.23 bits per heavy atom. The second-order valence-electron chi connectivity index (χ2n) is 5.07. The molecule has 2 aromatic rings. The van der Waals surface area contributed by atoms with E-state index in [1.54, 1.807) is 6.07 Å². The molecule has 0 spiro atoms. The number of ether oxygens (including phenoxy) is 2. The monoisotopic (exact) mass is 368 g/mol. The number of hydrogen-bond acceptors (Lipinski definition) is 5. The van der Waals surface area contributed by atoms with Crippen molar-refractivity contribution in [2.75, 3.05) is 19.0 Å². The summed E-state index contributed by atoms with van der Waals surface area (Å²) in [6, 6.07) is 8.89. The predicted octanol–water partition coefficient (Wildman–Crippen LogP) is 3.54. The maximum Gasteiger partial charge on any atom is 0.416 e. The first-order valence-electron chi connectivity index (χ1n) is 7.29. The van der Waals surface area contributed by atoms with Gasteiger partial charge in [-0.3, -0.25) is 4.79 Å². The van der Waals surface area contributed by atoms with Crippen LogP contribution in [0.1, 0.15) is 11.1 Å². The maximum absolute atomic E-state index is 12.7. The van der Waals surface area contributed by atoms with Gasteiger partial charge in [-0.1, -0.05) is 11.2 Å². The topological polar surface area (TPSA) is 80.2 Å². The van der Waals surface area contributed by atoms with Gasteiger partial charge in [0.25, 0.3) is 5.91 Å². The number of oxime groups is 1. The number of carbonyl (C=O) groups excluding carboxylic acids is 1. The normalized spacial score (nSPS) is 11.4. The third-order valence-electron chi connectivity index (χ3n) is 3.23. The maximum atomic E-state index is 12.7. The van der Waals surface area contributed by atoms with Gasteiger partial charge >= 0.3 is 6.18 Å². The largest absolute Gasteiger partial charge is 0.493 e. The highest BCUT2D eigenvalue weighted by Crippen LogP contribution is 2.31. The number of rotatable bonds is 6. The van der Waals surface area contributed by atoms with E-state index in [9.17, 15) is 18.0 Å². The molecule has 0 aliphatic heterocycles. The van der Waals surface area contributed by atoms with E-state index in [1.807, 2.05) is 0 Å². The van der Waals surface area contributed by atoms with Crippen molar-refractivity contribution in [1.29, 1.82) is 0 Å². The van der Waals surface area contributed by atoms with Crippen LogP contribution in [0, 0.1) is 0 Å². The molecule has 0 aliphatic rings. The summed E-state index contributed by atoms with van der Waals surface area (Å²) in [5.74, 6) is -0.0802. The first kappa shape index (κ1) is 19.1. The number of alkyl halides is 3. The number of anilines is 1. The zero-order valence-corrected chi connectivity index (χ0v) is 13.6. The smallest absolute Gasteiger partial charge is 0.416 e. The van der Waals surface area contributed by atoms with Crippen LogP contribution >= 0.6 is 0 Å². The van der Waals surface area contributed by atoms with E-state index in [0.29, 0.717) is 11.3 Å². The first-order chi connectivity index (χ1) is 12.3. The minimum absolute atomic E-state index is 0.00916. The summed E-state index contributed by atoms with van der Waals surface area (Å²) in [5, 5.41) is 13.7. The van der Waals surface area contributed by atoms with Gasteiger partial charge in [0, 0.05) is 11.3 Å². The number of nitrogens with one attached hydrogen (secondary N) is 1. The molecule has 2 N–H and O–H groups in total. The Labute approximate surface area is 146 Å². The van der Waals surface area contributed by atoms with Gasteiger partial charge in [-0.15, -0.1) is 0 Å². The molecule has 0 unspecified atom stereocenters. The molecule has 2 aromatic carbocycles. The lowest BCUT2D eigenvalue weighted by Crippen LogP contribution is -2.20. The highest BCUT2D eigenvalue weighted by atomic mass is 19.4. The molecule has 26 heavy (non-hydrogen) atoms. The summed E-state index contributed by atoms with van der Waals surface area (Å²) in [5.41, 5.74) is -0.306. The third kappa shape index (κ3) is 5.13. The highest BCUT2D eigenvalue weighted by molar-refractivity contribution is 5.92. The van der Waals surface area contributed by atoms with Crippen molar-refractivity contribution in [2.45, 2.75) is 6.18 Å². The van der Waals surface area contributed by atoms with E-state index >= 15 is 0 Å². The number of halogens is 3. The van der Waals surface area contributed by atoms with Crippen LogP contribution in [-0.2, 0) is 11.0 Å². The minimum atomic E-state index is -4.50. The van der Waals surface area contributed by atoms with Crippen LogP contribution < -0.4 is 14.8 Å². The Kier molecular flexibility index (Phi) is 6.05. The molecule has 0 radical (unpaired) electrons. The molecule has 0 fully saturated rings. The zero-order chi connectivity index (χ0) is 19.2. The molecule has 6 nitrogen and oxygen atoms in total. The SMILES string of the molecule is COc1cc(/C=N/O)ccc1OCC(=O)Nc1cccc(C(F)(F)F)c1. The van der Waals surface area contributed by atoms with E-state index in [0.717, 1.165) is 12.1 Å². The van der Waals surface area contributed by atoms with E-state index in [1.165, 1.54) is 37.6 Å². The Morgan fingerprint density at radius 2 is 2.00 bits per heavy atom. The molecule has 0 atom stereocenters. The number of carbonyl (C=O) groups is 1. The zero-order valence-electron chi connectivity index (χ0n) is 13.6. The Hall–Kier alpha value is -3.23. The standard InChI is InChI=1S/C17H15F3N2O4/c1-25-15-7-11(9-21-24)5-6-14(15)26-10-16(23)22-13-4-2-3-12(8-13)17(18,19)20/h2-9,24H,10H2,1H3,(H,22,23)/b21-9+. The molecule has 0 saturated heterocycles. The lowest BCUT2D eigenvalue weighted by Gasteiger charge is -2.12. The fourth-order valence-electron chi connectivity index (χ4n) is 2.06. The second kappa shape index (κ2) is 8.24. The summed E-state index contributed by atoms with van der Waals surface area (Å²) < 4.78 is 48.4. The average molecular weight is 368 g/mol. The van der Waals surface area contributed by atoms with Gasteiger partial charge in [0.2, 0.25) is 0 Å². The molecule has 1 amide bonds. The molecule has 0 saturated carbocycles. The van der Waals surface area contributed by atoms with Gasteiger partial charge in [0.1, 0.15) is 0 Å². The molecule has 2 rings (SSSR count). The van der Waals surface area contributed by atoms with Gasteiger partial charge in [-0.05, 0) is 36.4 Å². The number of nitrogens with zero attached hydrogens (tertiary/aromatic N) is 1. The molecule has 138 valence electrons. The highest BCUT2D eigenvalue weighted by Gasteiger charge is 2.30. The lowest BCUT2D eigenvalue weighted by molar-refractivity contribution is -0.137. The fraction of sp³-hybridized carbons (Fsp3) is 0.176. The summed E-state index contributed by atoms with van der Waals surface area (Å²) in [7, 11) is 1.39. The van der Waals surface area contributed by atoms with E-state index in [-0.39, 0.29) is 11.4 Å². The van der Waals surface area contributed by atoms with Crippen molar-refractivity contribution in [1.82, 2.24) is 0 Å². The number of methoxy groups -OCH3 is 1. The molecule has 0 bridgehead atoms. The van der Waals surface area contributed by atoms with Crippen molar-refractivity contribution in [3.63, 3.8) is 0 Å². The summed E-state index contributed by atoms with van der Waals surface area (Å²) >= 11 is 0. The summed E-state index contributed by atoms with van der Waals surface area (Å²) in [4.78, 5) is 11.9. The number of amides is 1. The van der Waals surface area contributed by atoms with Crippen molar-refractivity contribution >= 4 is 17.8 Å². The van der Waals surface area contributed by atoms with E-state index in [4.69, 9.17) is 14.7 Å². The van der Waals surface area contributed by atoms with Gasteiger partial charge in [0.15, 0.2) is 18.1 Å². The summed E-state index contributed by atoms with van der Waals surface area (Å²) in [6.07, 6.45) is -3.31. The molecule has 0 aromatic heterocycles. The quantitative estimate of drug-likeness (QED) is 0.464. The Morgan fingerprint density at radius 3 is 2.65 bits per heavy atom. The van der Waals surface area contributed by atoms with Crippen molar-refractivity contribution in [2.24, 2.45) is 5.16 Å². The van der Waals surface area contributed by atoms with Gasteiger partial charge in [-0.2, -0.15) is 13.2 Å². The van der Waals surface area contributed by atoms with Gasteiger partial charge in [-0.25, -0.2) is 0 Å². The van der Waals surface area contributed by atoms with Crippen LogP contribution in [0.5, 0.6) is 11.5 Å². The number of benzene rings is 2. The lowest BCUT2D eigenvalue weighted by atomic mass is 10.2. The predicted molar refractivity (Wildman–Crippen MR) is 87.9 cm³/mol. The van der Waals surface area contributed by atoms with Crippen LogP contribution in [-0.4, -0.2) is 31.0 Å².